The van der Waals surface area contributed by atoms with Crippen molar-refractivity contribution < 1.29 is 0 Å². The number of nitrogens with one attached hydrogen (secondary N) is 1. The molecule has 0 atom stereocenters. The third kappa shape index (κ3) is 7.85. The number of likely N-dealkylation sites (N-methyl/N-ethyl adjacent to an activating group) is 1. The molecule has 0 saturated carbocycles. The number of rotatable bonds is 9. The lowest BCUT2D eigenvalue weighted by atomic mass is 10.2. The second-order valence-electron chi connectivity index (χ2n) is 5.79. The number of nitrogens with zero attached hydrogens (tertiary/aromatic N) is 2. The number of anilines is 1. The molecule has 0 aliphatic carbocycles. The quantitative estimate of drug-likeness (QED) is 0.739. The molecule has 108 valence electrons. The van der Waals surface area contributed by atoms with Gasteiger partial charge in [-0.05, 0) is 32.1 Å². The van der Waals surface area contributed by atoms with Crippen molar-refractivity contribution in [3.63, 3.8) is 0 Å². The topological polar surface area (TPSA) is 18.5 Å². The summed E-state index contributed by atoms with van der Waals surface area (Å²) in [6.45, 7) is 10.1. The number of hydrogen-bond donors (Lipinski definition) is 1. The van der Waals surface area contributed by atoms with E-state index >= 15 is 0 Å². The molecule has 0 heterocycles. The predicted octanol–water partition coefficient (Wildman–Crippen LogP) is 2.62. The summed E-state index contributed by atoms with van der Waals surface area (Å²) in [5.74, 6) is 0.721. The molecular weight excluding hydrogens is 234 g/mol. The van der Waals surface area contributed by atoms with E-state index in [0.29, 0.717) is 0 Å². The molecule has 1 rings (SSSR count). The first kappa shape index (κ1) is 16.0. The monoisotopic (exact) mass is 263 g/mol. The second kappa shape index (κ2) is 8.94. The van der Waals surface area contributed by atoms with E-state index in [-0.39, 0.29) is 0 Å². The fourth-order valence-corrected chi connectivity index (χ4v) is 2.07. The molecule has 0 aliphatic rings. The Balaban J connectivity index is 2.31. The zero-order valence-corrected chi connectivity index (χ0v) is 12.9. The van der Waals surface area contributed by atoms with E-state index in [1.54, 1.807) is 0 Å². The van der Waals surface area contributed by atoms with Crippen molar-refractivity contribution in [2.75, 3.05) is 52.1 Å². The molecule has 0 spiro atoms. The predicted molar refractivity (Wildman–Crippen MR) is 84.8 cm³/mol. The smallest absolute Gasteiger partial charge is 0.0340 e. The Hall–Kier alpha value is -1.06. The standard InChI is InChI=1S/C16H29N3/c1-15(2)14-19(13-12-18(3)4)11-10-17-16-8-6-5-7-9-16/h5-9,15,17H,10-14H2,1-4H3. The van der Waals surface area contributed by atoms with Crippen molar-refractivity contribution in [3.8, 4) is 0 Å². The first-order valence-electron chi connectivity index (χ1n) is 7.24. The van der Waals surface area contributed by atoms with Gasteiger partial charge in [0.15, 0.2) is 0 Å². The van der Waals surface area contributed by atoms with Gasteiger partial charge in [-0.25, -0.2) is 0 Å². The molecule has 0 radical (unpaired) electrons. The van der Waals surface area contributed by atoms with Gasteiger partial charge in [0.05, 0.1) is 0 Å². The van der Waals surface area contributed by atoms with Crippen LogP contribution in [0.5, 0.6) is 0 Å². The van der Waals surface area contributed by atoms with Crippen LogP contribution in [-0.2, 0) is 0 Å². The lowest BCUT2D eigenvalue weighted by Gasteiger charge is -2.26. The van der Waals surface area contributed by atoms with Crippen LogP contribution in [0.4, 0.5) is 5.69 Å². The summed E-state index contributed by atoms with van der Waals surface area (Å²) in [6, 6.07) is 10.4. The van der Waals surface area contributed by atoms with E-state index in [4.69, 9.17) is 0 Å². The Morgan fingerprint density at radius 3 is 2.26 bits per heavy atom. The molecule has 0 bridgehead atoms. The molecule has 3 nitrogen and oxygen atoms in total. The molecule has 0 saturated heterocycles. The van der Waals surface area contributed by atoms with E-state index in [1.807, 2.05) is 6.07 Å². The highest BCUT2D eigenvalue weighted by Gasteiger charge is 2.07. The molecule has 3 heteroatoms. The SMILES string of the molecule is CC(C)CN(CCNc1ccccc1)CCN(C)C. The van der Waals surface area contributed by atoms with E-state index in [1.165, 1.54) is 12.2 Å². The Morgan fingerprint density at radius 2 is 1.68 bits per heavy atom. The van der Waals surface area contributed by atoms with Crippen LogP contribution in [0.2, 0.25) is 0 Å². The van der Waals surface area contributed by atoms with E-state index in [0.717, 1.165) is 32.1 Å². The molecular formula is C16H29N3. The van der Waals surface area contributed by atoms with Crippen molar-refractivity contribution in [1.82, 2.24) is 9.80 Å². The average Bonchev–Trinajstić information content (AvgIpc) is 2.36. The third-order valence-corrected chi connectivity index (χ3v) is 3.02. The lowest BCUT2D eigenvalue weighted by Crippen LogP contribution is -2.37. The van der Waals surface area contributed by atoms with E-state index in [9.17, 15) is 0 Å². The van der Waals surface area contributed by atoms with Crippen LogP contribution in [0.1, 0.15) is 13.8 Å². The van der Waals surface area contributed by atoms with Crippen molar-refractivity contribution in [1.29, 1.82) is 0 Å². The Labute approximate surface area is 118 Å². The van der Waals surface area contributed by atoms with Gasteiger partial charge in [0.25, 0.3) is 0 Å². The van der Waals surface area contributed by atoms with Gasteiger partial charge in [0.1, 0.15) is 0 Å². The van der Waals surface area contributed by atoms with Crippen molar-refractivity contribution in [3.05, 3.63) is 30.3 Å². The minimum Gasteiger partial charge on any atom is -0.384 e. The normalized spacial score (nSPS) is 11.5. The molecule has 0 amide bonds. The minimum atomic E-state index is 0.721. The van der Waals surface area contributed by atoms with Crippen molar-refractivity contribution in [2.24, 2.45) is 5.92 Å². The first-order valence-corrected chi connectivity index (χ1v) is 7.24. The van der Waals surface area contributed by atoms with Crippen LogP contribution in [0.25, 0.3) is 0 Å². The summed E-state index contributed by atoms with van der Waals surface area (Å²) in [5, 5.41) is 3.48. The Bertz CT molecular complexity index is 322. The van der Waals surface area contributed by atoms with Crippen LogP contribution >= 0.6 is 0 Å². The van der Waals surface area contributed by atoms with Crippen LogP contribution in [0.3, 0.4) is 0 Å². The summed E-state index contributed by atoms with van der Waals surface area (Å²) in [7, 11) is 4.27. The highest BCUT2D eigenvalue weighted by Crippen LogP contribution is 2.05. The number of para-hydroxylation sites is 1. The third-order valence-electron chi connectivity index (χ3n) is 3.02. The Kier molecular flexibility index (Phi) is 7.53. The van der Waals surface area contributed by atoms with Crippen molar-refractivity contribution in [2.45, 2.75) is 13.8 Å². The van der Waals surface area contributed by atoms with E-state index < -0.39 is 0 Å². The van der Waals surface area contributed by atoms with Crippen LogP contribution in [-0.4, -0.2) is 56.6 Å². The number of hydrogen-bond acceptors (Lipinski definition) is 3. The molecule has 1 aromatic carbocycles. The minimum absolute atomic E-state index is 0.721. The summed E-state index contributed by atoms with van der Waals surface area (Å²) < 4.78 is 0. The van der Waals surface area contributed by atoms with Gasteiger partial charge in [-0.3, -0.25) is 0 Å². The highest BCUT2D eigenvalue weighted by molar-refractivity contribution is 5.42. The van der Waals surface area contributed by atoms with Gasteiger partial charge in [-0.2, -0.15) is 0 Å². The zero-order chi connectivity index (χ0) is 14.1. The van der Waals surface area contributed by atoms with Crippen LogP contribution in [0, 0.1) is 5.92 Å². The summed E-state index contributed by atoms with van der Waals surface area (Å²) in [6.07, 6.45) is 0. The van der Waals surface area contributed by atoms with Gasteiger partial charge >= 0.3 is 0 Å². The maximum Gasteiger partial charge on any atom is 0.0340 e. The molecule has 0 aromatic heterocycles. The summed E-state index contributed by atoms with van der Waals surface area (Å²) in [4.78, 5) is 4.79. The molecule has 0 unspecified atom stereocenters. The fraction of sp³-hybridized carbons (Fsp3) is 0.625. The largest absolute Gasteiger partial charge is 0.384 e. The lowest BCUT2D eigenvalue weighted by molar-refractivity contribution is 0.226. The zero-order valence-electron chi connectivity index (χ0n) is 12.9. The van der Waals surface area contributed by atoms with Gasteiger partial charge in [-0.1, -0.05) is 32.0 Å². The van der Waals surface area contributed by atoms with Crippen LogP contribution in [0.15, 0.2) is 30.3 Å². The fourth-order valence-electron chi connectivity index (χ4n) is 2.07. The van der Waals surface area contributed by atoms with Gasteiger partial charge in [-0.15, -0.1) is 0 Å². The number of benzene rings is 1. The van der Waals surface area contributed by atoms with Gasteiger partial charge < -0.3 is 15.1 Å². The maximum absolute atomic E-state index is 3.48. The average molecular weight is 263 g/mol. The maximum atomic E-state index is 3.48. The molecule has 1 aromatic rings. The van der Waals surface area contributed by atoms with Gasteiger partial charge in [0, 0.05) is 38.4 Å². The Morgan fingerprint density at radius 1 is 1.00 bits per heavy atom. The summed E-state index contributed by atoms with van der Waals surface area (Å²) >= 11 is 0. The molecule has 0 fully saturated rings. The molecule has 0 aliphatic heterocycles. The highest BCUT2D eigenvalue weighted by atomic mass is 15.2. The second-order valence-corrected chi connectivity index (χ2v) is 5.79. The van der Waals surface area contributed by atoms with Crippen molar-refractivity contribution >= 4 is 5.69 Å². The first-order chi connectivity index (χ1) is 9.08. The summed E-state index contributed by atoms with van der Waals surface area (Å²) in [5.41, 5.74) is 1.21. The van der Waals surface area contributed by atoms with Crippen LogP contribution < -0.4 is 5.32 Å². The van der Waals surface area contributed by atoms with Gasteiger partial charge in [0.2, 0.25) is 0 Å². The van der Waals surface area contributed by atoms with E-state index in [2.05, 4.69) is 67.3 Å². The molecule has 19 heavy (non-hydrogen) atoms. The molecule has 1 N–H and O–H groups in total.